The third kappa shape index (κ3) is 3.76. The van der Waals surface area contributed by atoms with Crippen LogP contribution in [0.25, 0.3) is 0 Å². The summed E-state index contributed by atoms with van der Waals surface area (Å²) in [7, 11) is 0. The summed E-state index contributed by atoms with van der Waals surface area (Å²) in [5, 5.41) is 3.19. The molecule has 0 saturated heterocycles. The van der Waals surface area contributed by atoms with Crippen molar-refractivity contribution in [3.63, 3.8) is 0 Å². The molecule has 3 heteroatoms. The number of esters is 1. The zero-order chi connectivity index (χ0) is 13.8. The maximum absolute atomic E-state index is 11.8. The Morgan fingerprint density at radius 1 is 1.28 bits per heavy atom. The summed E-state index contributed by atoms with van der Waals surface area (Å²) >= 11 is 0. The minimum Gasteiger partial charge on any atom is -0.464 e. The second-order valence-electron chi connectivity index (χ2n) is 5.25. The predicted octanol–water partition coefficient (Wildman–Crippen LogP) is 3.56. The van der Waals surface area contributed by atoms with E-state index in [2.05, 4.69) is 31.3 Å². The largest absolute Gasteiger partial charge is 0.464 e. The molecule has 0 radical (unpaired) electrons. The first kappa shape index (κ1) is 14.6. The average molecular weight is 249 g/mol. The van der Waals surface area contributed by atoms with E-state index in [4.69, 9.17) is 4.74 Å². The van der Waals surface area contributed by atoms with Crippen molar-refractivity contribution in [2.45, 2.75) is 46.1 Å². The molecule has 0 heterocycles. The first-order valence-corrected chi connectivity index (χ1v) is 6.42. The lowest BCUT2D eigenvalue weighted by Gasteiger charge is -2.25. The molecule has 1 aromatic rings. The van der Waals surface area contributed by atoms with E-state index in [9.17, 15) is 4.79 Å². The van der Waals surface area contributed by atoms with E-state index in [0.29, 0.717) is 12.5 Å². The van der Waals surface area contributed by atoms with Crippen molar-refractivity contribution in [1.82, 2.24) is 0 Å². The maximum Gasteiger partial charge on any atom is 0.331 e. The molecule has 1 rings (SSSR count). The molecule has 0 aliphatic rings. The number of carbonyl (C=O) groups is 1. The van der Waals surface area contributed by atoms with Crippen LogP contribution in [0.2, 0.25) is 0 Å². The Morgan fingerprint density at radius 3 is 2.28 bits per heavy atom. The van der Waals surface area contributed by atoms with E-state index in [-0.39, 0.29) is 5.97 Å². The highest BCUT2D eigenvalue weighted by Crippen LogP contribution is 2.20. The van der Waals surface area contributed by atoms with Gasteiger partial charge in [-0.05, 0) is 44.4 Å². The summed E-state index contributed by atoms with van der Waals surface area (Å²) < 4.78 is 5.04. The van der Waals surface area contributed by atoms with Crippen LogP contribution in [-0.2, 0) is 9.53 Å². The summed E-state index contributed by atoms with van der Waals surface area (Å²) in [5.41, 5.74) is 1.50. The van der Waals surface area contributed by atoms with Gasteiger partial charge in [0.1, 0.15) is 5.54 Å². The topological polar surface area (TPSA) is 38.3 Å². The highest BCUT2D eigenvalue weighted by molar-refractivity contribution is 5.83. The van der Waals surface area contributed by atoms with Crippen molar-refractivity contribution >= 4 is 11.7 Å². The van der Waals surface area contributed by atoms with Crippen molar-refractivity contribution in [3.8, 4) is 0 Å². The summed E-state index contributed by atoms with van der Waals surface area (Å²) in [6.07, 6.45) is 0. The molecular formula is C15H23NO2. The standard InChI is InChI=1S/C15H23NO2/c1-6-18-14(17)15(4,5)16-13-9-7-12(8-10-13)11(2)3/h7-11,16H,6H2,1-5H3. The van der Waals surface area contributed by atoms with Gasteiger partial charge >= 0.3 is 5.97 Å². The van der Waals surface area contributed by atoms with Gasteiger partial charge in [0.15, 0.2) is 0 Å². The minimum atomic E-state index is -0.713. The molecule has 1 N–H and O–H groups in total. The van der Waals surface area contributed by atoms with Gasteiger partial charge in [0.25, 0.3) is 0 Å². The number of hydrogen-bond donors (Lipinski definition) is 1. The van der Waals surface area contributed by atoms with Crippen molar-refractivity contribution in [2.75, 3.05) is 11.9 Å². The second kappa shape index (κ2) is 5.89. The van der Waals surface area contributed by atoms with Crippen molar-refractivity contribution in [1.29, 1.82) is 0 Å². The number of anilines is 1. The Balaban J connectivity index is 2.75. The van der Waals surface area contributed by atoms with Crippen molar-refractivity contribution in [3.05, 3.63) is 29.8 Å². The van der Waals surface area contributed by atoms with E-state index in [0.717, 1.165) is 5.69 Å². The van der Waals surface area contributed by atoms with Crippen LogP contribution >= 0.6 is 0 Å². The van der Waals surface area contributed by atoms with Gasteiger partial charge in [-0.3, -0.25) is 0 Å². The predicted molar refractivity (Wildman–Crippen MR) is 74.9 cm³/mol. The molecule has 1 aromatic carbocycles. The summed E-state index contributed by atoms with van der Waals surface area (Å²) in [4.78, 5) is 11.8. The first-order valence-electron chi connectivity index (χ1n) is 6.42. The van der Waals surface area contributed by atoms with E-state index in [1.54, 1.807) is 0 Å². The quantitative estimate of drug-likeness (QED) is 0.811. The molecule has 18 heavy (non-hydrogen) atoms. The molecule has 0 aromatic heterocycles. The number of ether oxygens (including phenoxy) is 1. The molecule has 0 saturated carbocycles. The summed E-state index contributed by atoms with van der Waals surface area (Å²) in [6, 6.07) is 8.15. The van der Waals surface area contributed by atoms with E-state index >= 15 is 0 Å². The van der Waals surface area contributed by atoms with Gasteiger partial charge in [-0.1, -0.05) is 26.0 Å². The SMILES string of the molecule is CCOC(=O)C(C)(C)Nc1ccc(C(C)C)cc1. The van der Waals surface area contributed by atoms with Crippen LogP contribution in [0.15, 0.2) is 24.3 Å². The van der Waals surface area contributed by atoms with Crippen LogP contribution in [0.4, 0.5) is 5.69 Å². The van der Waals surface area contributed by atoms with Gasteiger partial charge in [-0.25, -0.2) is 4.79 Å². The smallest absolute Gasteiger partial charge is 0.331 e. The molecule has 0 fully saturated rings. The van der Waals surface area contributed by atoms with Gasteiger partial charge in [0.05, 0.1) is 6.61 Å². The van der Waals surface area contributed by atoms with Crippen LogP contribution in [-0.4, -0.2) is 18.1 Å². The van der Waals surface area contributed by atoms with Gasteiger partial charge in [-0.15, -0.1) is 0 Å². The Kier molecular flexibility index (Phi) is 4.76. The zero-order valence-electron chi connectivity index (χ0n) is 11.9. The van der Waals surface area contributed by atoms with Crippen LogP contribution in [0.3, 0.4) is 0 Å². The lowest BCUT2D eigenvalue weighted by Crippen LogP contribution is -2.41. The molecule has 0 spiro atoms. The Morgan fingerprint density at radius 2 is 1.83 bits per heavy atom. The highest BCUT2D eigenvalue weighted by Gasteiger charge is 2.28. The van der Waals surface area contributed by atoms with Crippen molar-refractivity contribution in [2.24, 2.45) is 0 Å². The highest BCUT2D eigenvalue weighted by atomic mass is 16.5. The van der Waals surface area contributed by atoms with Gasteiger partial charge in [0, 0.05) is 5.69 Å². The first-order chi connectivity index (χ1) is 8.36. The molecule has 0 aliphatic heterocycles. The van der Waals surface area contributed by atoms with E-state index in [1.165, 1.54) is 5.56 Å². The second-order valence-corrected chi connectivity index (χ2v) is 5.25. The van der Waals surface area contributed by atoms with Gasteiger partial charge in [0.2, 0.25) is 0 Å². The Bertz CT molecular complexity index is 393. The number of carbonyl (C=O) groups excluding carboxylic acids is 1. The van der Waals surface area contributed by atoms with Crippen LogP contribution in [0.5, 0.6) is 0 Å². The average Bonchev–Trinajstić information content (AvgIpc) is 2.29. The summed E-state index contributed by atoms with van der Waals surface area (Å²) in [6.45, 7) is 10.2. The molecular weight excluding hydrogens is 226 g/mol. The minimum absolute atomic E-state index is 0.238. The molecule has 3 nitrogen and oxygen atoms in total. The Hall–Kier alpha value is -1.51. The maximum atomic E-state index is 11.8. The van der Waals surface area contributed by atoms with Crippen LogP contribution in [0, 0.1) is 0 Å². The van der Waals surface area contributed by atoms with Crippen LogP contribution in [0.1, 0.15) is 46.1 Å². The van der Waals surface area contributed by atoms with Gasteiger partial charge < -0.3 is 10.1 Å². The number of nitrogens with one attached hydrogen (secondary N) is 1. The molecule has 0 amide bonds. The fourth-order valence-electron chi connectivity index (χ4n) is 1.67. The lowest BCUT2D eigenvalue weighted by atomic mass is 10.0. The fourth-order valence-corrected chi connectivity index (χ4v) is 1.67. The lowest BCUT2D eigenvalue weighted by molar-refractivity contribution is -0.147. The number of rotatable bonds is 5. The summed E-state index contributed by atoms with van der Waals surface area (Å²) in [5.74, 6) is 0.273. The molecule has 0 aliphatic carbocycles. The third-order valence-corrected chi connectivity index (χ3v) is 2.82. The number of benzene rings is 1. The van der Waals surface area contributed by atoms with E-state index in [1.807, 2.05) is 32.9 Å². The van der Waals surface area contributed by atoms with Gasteiger partial charge in [-0.2, -0.15) is 0 Å². The zero-order valence-corrected chi connectivity index (χ0v) is 11.9. The molecule has 0 atom stereocenters. The normalized spacial score (nSPS) is 11.4. The third-order valence-electron chi connectivity index (χ3n) is 2.82. The van der Waals surface area contributed by atoms with Crippen molar-refractivity contribution < 1.29 is 9.53 Å². The monoisotopic (exact) mass is 249 g/mol. The van der Waals surface area contributed by atoms with E-state index < -0.39 is 5.54 Å². The molecule has 100 valence electrons. The number of hydrogen-bond acceptors (Lipinski definition) is 3. The fraction of sp³-hybridized carbons (Fsp3) is 0.533. The molecule has 0 unspecified atom stereocenters. The van der Waals surface area contributed by atoms with Crippen LogP contribution < -0.4 is 5.32 Å². The molecule has 0 bridgehead atoms. The Labute approximate surface area is 110 Å².